The Balaban J connectivity index is 2.04. The van der Waals surface area contributed by atoms with Gasteiger partial charge in [-0.3, -0.25) is 4.79 Å². The molecule has 1 fully saturated rings. The lowest BCUT2D eigenvalue weighted by atomic mass is 9.95. The van der Waals surface area contributed by atoms with Crippen LogP contribution in [-0.4, -0.2) is 21.6 Å². The van der Waals surface area contributed by atoms with Gasteiger partial charge in [0.1, 0.15) is 4.75 Å². The molecule has 18 heavy (non-hydrogen) atoms. The van der Waals surface area contributed by atoms with Crippen LogP contribution in [0.4, 0.5) is 0 Å². The van der Waals surface area contributed by atoms with E-state index in [-0.39, 0.29) is 0 Å². The van der Waals surface area contributed by atoms with Crippen molar-refractivity contribution in [1.82, 2.24) is 0 Å². The van der Waals surface area contributed by atoms with Crippen LogP contribution in [0.1, 0.15) is 77.6 Å². The maximum absolute atomic E-state index is 11.3. The van der Waals surface area contributed by atoms with Crippen molar-refractivity contribution in [2.24, 2.45) is 0 Å². The van der Waals surface area contributed by atoms with E-state index in [9.17, 15) is 9.90 Å². The van der Waals surface area contributed by atoms with E-state index in [0.717, 1.165) is 31.4 Å². The molecular weight excluding hydrogens is 244 g/mol. The highest BCUT2D eigenvalue weighted by molar-refractivity contribution is 8.01. The lowest BCUT2D eigenvalue weighted by Crippen LogP contribution is -2.32. The molecule has 1 heterocycles. The van der Waals surface area contributed by atoms with E-state index in [1.54, 1.807) is 11.8 Å². The summed E-state index contributed by atoms with van der Waals surface area (Å²) in [6, 6.07) is 0. The predicted octanol–water partition coefficient (Wildman–Crippen LogP) is 4.87. The third-order valence-corrected chi connectivity index (χ3v) is 5.56. The zero-order valence-corrected chi connectivity index (χ0v) is 12.6. The fraction of sp³-hybridized carbons (Fsp3) is 0.933. The first-order valence-electron chi connectivity index (χ1n) is 7.58. The molecule has 0 amide bonds. The molecule has 0 aliphatic carbocycles. The van der Waals surface area contributed by atoms with E-state index in [0.29, 0.717) is 0 Å². The van der Waals surface area contributed by atoms with E-state index < -0.39 is 10.7 Å². The van der Waals surface area contributed by atoms with Gasteiger partial charge in [0, 0.05) is 0 Å². The third kappa shape index (κ3) is 5.21. The van der Waals surface area contributed by atoms with Crippen LogP contribution in [0.25, 0.3) is 0 Å². The topological polar surface area (TPSA) is 37.3 Å². The van der Waals surface area contributed by atoms with Crippen molar-refractivity contribution in [2.75, 3.05) is 5.75 Å². The fourth-order valence-electron chi connectivity index (χ4n) is 2.71. The van der Waals surface area contributed by atoms with Gasteiger partial charge in [-0.25, -0.2) is 0 Å². The molecule has 1 unspecified atom stereocenters. The molecule has 1 aliphatic rings. The molecule has 106 valence electrons. The van der Waals surface area contributed by atoms with Crippen molar-refractivity contribution in [2.45, 2.75) is 82.3 Å². The van der Waals surface area contributed by atoms with E-state index in [4.69, 9.17) is 0 Å². The number of carboxylic acid groups (broad SMARTS) is 1. The second-order valence-corrected chi connectivity index (χ2v) is 6.95. The quantitative estimate of drug-likeness (QED) is 0.577. The van der Waals surface area contributed by atoms with Gasteiger partial charge in [0.2, 0.25) is 0 Å². The van der Waals surface area contributed by atoms with Crippen LogP contribution >= 0.6 is 11.8 Å². The van der Waals surface area contributed by atoms with Crippen LogP contribution in [0.15, 0.2) is 0 Å². The van der Waals surface area contributed by atoms with Crippen LogP contribution in [-0.2, 0) is 4.79 Å². The number of rotatable bonds is 10. The highest BCUT2D eigenvalue weighted by Crippen LogP contribution is 2.42. The van der Waals surface area contributed by atoms with Gasteiger partial charge in [0.05, 0.1) is 0 Å². The fourth-order valence-corrected chi connectivity index (χ4v) is 4.09. The summed E-state index contributed by atoms with van der Waals surface area (Å²) in [4.78, 5) is 11.3. The molecule has 0 radical (unpaired) electrons. The zero-order chi connectivity index (χ0) is 13.3. The first-order chi connectivity index (χ1) is 8.71. The minimum absolute atomic E-state index is 0.428. The number of hydrogen-bond acceptors (Lipinski definition) is 2. The van der Waals surface area contributed by atoms with Crippen LogP contribution in [0.2, 0.25) is 0 Å². The SMILES string of the molecule is CCCCCCCCCCC1(C(=O)O)CCCS1. The Kier molecular flexibility index (Phi) is 7.80. The minimum Gasteiger partial charge on any atom is -0.480 e. The van der Waals surface area contributed by atoms with Crippen molar-refractivity contribution in [3.05, 3.63) is 0 Å². The summed E-state index contributed by atoms with van der Waals surface area (Å²) >= 11 is 1.67. The molecule has 1 aliphatic heterocycles. The molecule has 0 aromatic rings. The molecule has 1 atom stereocenters. The Morgan fingerprint density at radius 3 is 2.22 bits per heavy atom. The first kappa shape index (κ1) is 15.9. The number of carbonyl (C=O) groups is 1. The highest BCUT2D eigenvalue weighted by atomic mass is 32.2. The van der Waals surface area contributed by atoms with Crippen LogP contribution in [0.5, 0.6) is 0 Å². The Labute approximate surface area is 116 Å². The van der Waals surface area contributed by atoms with Crippen LogP contribution in [0.3, 0.4) is 0 Å². The normalized spacial score (nSPS) is 23.4. The average molecular weight is 272 g/mol. The minimum atomic E-state index is -0.576. The number of carboxylic acids is 1. The molecule has 0 aromatic heterocycles. The summed E-state index contributed by atoms with van der Waals surface area (Å²) < 4.78 is -0.428. The largest absolute Gasteiger partial charge is 0.480 e. The first-order valence-corrected chi connectivity index (χ1v) is 8.57. The van der Waals surface area contributed by atoms with Crippen molar-refractivity contribution in [1.29, 1.82) is 0 Å². The molecule has 2 nitrogen and oxygen atoms in total. The monoisotopic (exact) mass is 272 g/mol. The summed E-state index contributed by atoms with van der Waals surface area (Å²) in [6.07, 6.45) is 13.1. The van der Waals surface area contributed by atoms with Crippen LogP contribution < -0.4 is 0 Å². The molecule has 1 N–H and O–H groups in total. The van der Waals surface area contributed by atoms with Gasteiger partial charge >= 0.3 is 5.97 Å². The van der Waals surface area contributed by atoms with Gasteiger partial charge in [-0.2, -0.15) is 0 Å². The molecule has 0 spiro atoms. The second kappa shape index (κ2) is 8.84. The Bertz CT molecular complexity index is 235. The van der Waals surface area contributed by atoms with Gasteiger partial charge in [-0.05, 0) is 25.0 Å². The standard InChI is InChI=1S/C15H28O2S/c1-2-3-4-5-6-7-8-9-11-15(14(16)17)12-10-13-18-15/h2-13H2,1H3,(H,16,17). The zero-order valence-electron chi connectivity index (χ0n) is 11.7. The van der Waals surface area contributed by atoms with Crippen molar-refractivity contribution in [3.63, 3.8) is 0 Å². The highest BCUT2D eigenvalue weighted by Gasteiger charge is 2.41. The smallest absolute Gasteiger partial charge is 0.319 e. The summed E-state index contributed by atoms with van der Waals surface area (Å²) in [6.45, 7) is 2.24. The molecular formula is C15H28O2S. The van der Waals surface area contributed by atoms with Crippen molar-refractivity contribution >= 4 is 17.7 Å². The van der Waals surface area contributed by atoms with E-state index in [2.05, 4.69) is 6.92 Å². The molecule has 0 bridgehead atoms. The van der Waals surface area contributed by atoms with E-state index >= 15 is 0 Å². The number of aliphatic carboxylic acids is 1. The second-order valence-electron chi connectivity index (χ2n) is 5.48. The molecule has 1 saturated heterocycles. The summed E-state index contributed by atoms with van der Waals surface area (Å²) in [5, 5.41) is 9.34. The predicted molar refractivity (Wildman–Crippen MR) is 79.3 cm³/mol. The van der Waals surface area contributed by atoms with E-state index in [1.165, 1.54) is 44.9 Å². The lowest BCUT2D eigenvalue weighted by molar-refractivity contribution is -0.140. The van der Waals surface area contributed by atoms with Crippen LogP contribution in [0, 0.1) is 0 Å². The van der Waals surface area contributed by atoms with Crippen molar-refractivity contribution < 1.29 is 9.90 Å². The van der Waals surface area contributed by atoms with Gasteiger partial charge < -0.3 is 5.11 Å². The van der Waals surface area contributed by atoms with Gasteiger partial charge in [0.25, 0.3) is 0 Å². The van der Waals surface area contributed by atoms with Gasteiger partial charge in [0.15, 0.2) is 0 Å². The molecule has 0 saturated carbocycles. The number of thioether (sulfide) groups is 1. The Morgan fingerprint density at radius 2 is 1.72 bits per heavy atom. The molecule has 1 rings (SSSR count). The summed E-state index contributed by atoms with van der Waals surface area (Å²) in [7, 11) is 0. The molecule has 3 heteroatoms. The Morgan fingerprint density at radius 1 is 1.11 bits per heavy atom. The maximum atomic E-state index is 11.3. The van der Waals surface area contributed by atoms with E-state index in [1.807, 2.05) is 0 Å². The summed E-state index contributed by atoms with van der Waals surface area (Å²) in [5.74, 6) is 0.455. The Hall–Kier alpha value is -0.180. The van der Waals surface area contributed by atoms with Gasteiger partial charge in [-0.1, -0.05) is 58.3 Å². The maximum Gasteiger partial charge on any atom is 0.319 e. The van der Waals surface area contributed by atoms with Gasteiger partial charge in [-0.15, -0.1) is 11.8 Å². The molecule has 0 aromatic carbocycles. The third-order valence-electron chi connectivity index (χ3n) is 3.93. The number of unbranched alkanes of at least 4 members (excludes halogenated alkanes) is 7. The van der Waals surface area contributed by atoms with Crippen molar-refractivity contribution in [3.8, 4) is 0 Å². The lowest BCUT2D eigenvalue weighted by Gasteiger charge is -2.22. The number of hydrogen-bond donors (Lipinski definition) is 1. The average Bonchev–Trinajstić information content (AvgIpc) is 2.83. The summed E-state index contributed by atoms with van der Waals surface area (Å²) in [5.41, 5.74) is 0.